The van der Waals surface area contributed by atoms with Crippen molar-refractivity contribution in [2.24, 2.45) is 7.05 Å². The van der Waals surface area contributed by atoms with Crippen LogP contribution in [0, 0.1) is 20.8 Å². The summed E-state index contributed by atoms with van der Waals surface area (Å²) in [7, 11) is 2.15. The second-order valence-corrected chi connectivity index (χ2v) is 5.14. The lowest BCUT2D eigenvalue weighted by atomic mass is 9.98. The van der Waals surface area contributed by atoms with Crippen LogP contribution >= 0.6 is 0 Å². The Labute approximate surface area is 108 Å². The standard InChI is InChI=1S/C17H18N/c1-11-5-7-14-9-10-15-8-6-12(2)18(4)17(15)16(14)13(11)3/h5-10H,1-4H3/q+1. The van der Waals surface area contributed by atoms with E-state index in [0.717, 1.165) is 0 Å². The molecule has 1 aromatic heterocycles. The molecule has 0 aliphatic heterocycles. The van der Waals surface area contributed by atoms with Crippen LogP contribution < -0.4 is 4.57 Å². The maximum atomic E-state index is 2.30. The summed E-state index contributed by atoms with van der Waals surface area (Å²) < 4.78 is 2.30. The summed E-state index contributed by atoms with van der Waals surface area (Å²) in [5, 5.41) is 4.02. The summed E-state index contributed by atoms with van der Waals surface area (Å²) >= 11 is 0. The molecule has 3 rings (SSSR count). The molecule has 0 spiro atoms. The number of nitrogens with zero attached hydrogens (tertiary/aromatic N) is 1. The Hall–Kier alpha value is -1.89. The summed E-state index contributed by atoms with van der Waals surface area (Å²) in [5.41, 5.74) is 5.38. The molecule has 0 fully saturated rings. The summed E-state index contributed by atoms with van der Waals surface area (Å²) in [6.07, 6.45) is 0. The molecular formula is C17H18N+. The first-order valence-corrected chi connectivity index (χ1v) is 6.38. The third-order valence-corrected chi connectivity index (χ3v) is 4.09. The molecule has 0 atom stereocenters. The fourth-order valence-corrected chi connectivity index (χ4v) is 2.69. The monoisotopic (exact) mass is 236 g/mol. The van der Waals surface area contributed by atoms with Gasteiger partial charge in [-0.25, -0.2) is 0 Å². The van der Waals surface area contributed by atoms with Crippen LogP contribution in [0.15, 0.2) is 36.4 Å². The number of aromatic nitrogens is 1. The van der Waals surface area contributed by atoms with Crippen molar-refractivity contribution in [3.05, 3.63) is 53.2 Å². The lowest BCUT2D eigenvalue weighted by Gasteiger charge is -2.08. The van der Waals surface area contributed by atoms with Crippen LogP contribution in [0.2, 0.25) is 0 Å². The Kier molecular flexibility index (Phi) is 2.37. The SMILES string of the molecule is Cc1ccc2ccc3ccc(C)[n+](C)c3c2c1C. The molecule has 1 nitrogen and oxygen atoms in total. The van der Waals surface area contributed by atoms with Crippen LogP contribution in [0.25, 0.3) is 21.7 Å². The highest BCUT2D eigenvalue weighted by molar-refractivity contribution is 6.05. The van der Waals surface area contributed by atoms with Gasteiger partial charge in [0.1, 0.15) is 7.05 Å². The lowest BCUT2D eigenvalue weighted by Crippen LogP contribution is -2.32. The molecule has 0 N–H and O–H groups in total. The van der Waals surface area contributed by atoms with E-state index in [1.54, 1.807) is 0 Å². The van der Waals surface area contributed by atoms with E-state index in [-0.39, 0.29) is 0 Å². The van der Waals surface area contributed by atoms with Crippen LogP contribution in [0.1, 0.15) is 16.8 Å². The molecular weight excluding hydrogens is 218 g/mol. The Balaban J connectivity index is 2.67. The van der Waals surface area contributed by atoms with Gasteiger partial charge in [0, 0.05) is 18.4 Å². The highest BCUT2D eigenvalue weighted by Gasteiger charge is 2.14. The minimum Gasteiger partial charge on any atom is -0.198 e. The Morgan fingerprint density at radius 1 is 0.778 bits per heavy atom. The van der Waals surface area contributed by atoms with Crippen molar-refractivity contribution in [2.75, 3.05) is 0 Å². The second kappa shape index (κ2) is 3.81. The smallest absolute Gasteiger partial charge is 0.198 e. The largest absolute Gasteiger partial charge is 0.220 e. The van der Waals surface area contributed by atoms with E-state index in [1.165, 1.54) is 38.5 Å². The molecule has 0 radical (unpaired) electrons. The number of hydrogen-bond donors (Lipinski definition) is 0. The van der Waals surface area contributed by atoms with Crippen LogP contribution in [0.4, 0.5) is 0 Å². The van der Waals surface area contributed by atoms with Gasteiger partial charge in [-0.05, 0) is 42.5 Å². The predicted octanol–water partition coefficient (Wildman–Crippen LogP) is 3.74. The topological polar surface area (TPSA) is 3.88 Å². The zero-order valence-corrected chi connectivity index (χ0v) is 11.4. The minimum atomic E-state index is 1.29. The normalized spacial score (nSPS) is 11.3. The van der Waals surface area contributed by atoms with E-state index in [2.05, 4.69) is 68.8 Å². The molecule has 0 aliphatic rings. The first-order chi connectivity index (χ1) is 8.59. The number of pyridine rings is 1. The highest BCUT2D eigenvalue weighted by atomic mass is 14.9. The van der Waals surface area contributed by atoms with E-state index in [4.69, 9.17) is 0 Å². The summed E-state index contributed by atoms with van der Waals surface area (Å²) in [6.45, 7) is 6.56. The van der Waals surface area contributed by atoms with Crippen molar-refractivity contribution in [3.8, 4) is 0 Å². The molecule has 3 aromatic rings. The van der Waals surface area contributed by atoms with E-state index >= 15 is 0 Å². The van der Waals surface area contributed by atoms with E-state index in [9.17, 15) is 0 Å². The lowest BCUT2D eigenvalue weighted by molar-refractivity contribution is -0.650. The van der Waals surface area contributed by atoms with Crippen LogP contribution in [0.5, 0.6) is 0 Å². The van der Waals surface area contributed by atoms with Crippen LogP contribution in [-0.4, -0.2) is 0 Å². The molecule has 0 amide bonds. The molecule has 18 heavy (non-hydrogen) atoms. The summed E-state index contributed by atoms with van der Waals surface area (Å²) in [6, 6.07) is 13.3. The average molecular weight is 236 g/mol. The maximum Gasteiger partial charge on any atom is 0.220 e. The van der Waals surface area contributed by atoms with Gasteiger partial charge in [-0.3, -0.25) is 0 Å². The molecule has 0 saturated carbocycles. The van der Waals surface area contributed by atoms with Gasteiger partial charge in [0.05, 0.1) is 5.39 Å². The van der Waals surface area contributed by atoms with Gasteiger partial charge in [-0.2, -0.15) is 4.57 Å². The van der Waals surface area contributed by atoms with Gasteiger partial charge >= 0.3 is 0 Å². The van der Waals surface area contributed by atoms with E-state index in [1.807, 2.05) is 0 Å². The van der Waals surface area contributed by atoms with E-state index in [0.29, 0.717) is 0 Å². The van der Waals surface area contributed by atoms with Gasteiger partial charge in [0.2, 0.25) is 5.52 Å². The molecule has 0 unspecified atom stereocenters. The summed E-state index contributed by atoms with van der Waals surface area (Å²) in [4.78, 5) is 0. The molecule has 0 bridgehead atoms. The first kappa shape index (κ1) is 11.2. The fourth-order valence-electron chi connectivity index (χ4n) is 2.69. The molecule has 2 aromatic carbocycles. The maximum absolute atomic E-state index is 2.30. The van der Waals surface area contributed by atoms with Gasteiger partial charge < -0.3 is 0 Å². The molecule has 1 heterocycles. The Morgan fingerprint density at radius 3 is 2.17 bits per heavy atom. The van der Waals surface area contributed by atoms with Crippen LogP contribution in [0.3, 0.4) is 0 Å². The summed E-state index contributed by atoms with van der Waals surface area (Å²) in [5.74, 6) is 0. The van der Waals surface area contributed by atoms with Gasteiger partial charge in [-0.15, -0.1) is 0 Å². The first-order valence-electron chi connectivity index (χ1n) is 6.38. The predicted molar refractivity (Wildman–Crippen MR) is 76.8 cm³/mol. The van der Waals surface area contributed by atoms with Crippen molar-refractivity contribution in [1.29, 1.82) is 0 Å². The number of aryl methyl sites for hydroxylation is 4. The zero-order valence-electron chi connectivity index (χ0n) is 11.4. The quantitative estimate of drug-likeness (QED) is 0.413. The van der Waals surface area contributed by atoms with Crippen molar-refractivity contribution in [1.82, 2.24) is 0 Å². The molecule has 0 saturated heterocycles. The number of hydrogen-bond acceptors (Lipinski definition) is 0. The van der Waals surface area contributed by atoms with Crippen LogP contribution in [-0.2, 0) is 7.05 Å². The third kappa shape index (κ3) is 1.43. The van der Waals surface area contributed by atoms with Crippen molar-refractivity contribution >= 4 is 21.7 Å². The highest BCUT2D eigenvalue weighted by Crippen LogP contribution is 2.27. The van der Waals surface area contributed by atoms with E-state index < -0.39 is 0 Å². The molecule has 0 aliphatic carbocycles. The minimum absolute atomic E-state index is 1.29. The molecule has 90 valence electrons. The third-order valence-electron chi connectivity index (χ3n) is 4.09. The van der Waals surface area contributed by atoms with Gasteiger partial charge in [0.25, 0.3) is 0 Å². The Bertz CT molecular complexity index is 703. The van der Waals surface area contributed by atoms with Gasteiger partial charge in [-0.1, -0.05) is 18.2 Å². The fraction of sp³-hybridized carbons (Fsp3) is 0.235. The van der Waals surface area contributed by atoms with Crippen molar-refractivity contribution in [3.63, 3.8) is 0 Å². The number of fused-ring (bicyclic) bond motifs is 3. The zero-order chi connectivity index (χ0) is 12.9. The van der Waals surface area contributed by atoms with Gasteiger partial charge in [0.15, 0.2) is 5.69 Å². The molecule has 1 heteroatoms. The van der Waals surface area contributed by atoms with Crippen molar-refractivity contribution in [2.45, 2.75) is 20.8 Å². The van der Waals surface area contributed by atoms with Crippen molar-refractivity contribution < 1.29 is 4.57 Å². The Morgan fingerprint density at radius 2 is 1.39 bits per heavy atom. The average Bonchev–Trinajstić information content (AvgIpc) is 2.38. The number of benzene rings is 2. The second-order valence-electron chi connectivity index (χ2n) is 5.14. The number of rotatable bonds is 0.